The predicted molar refractivity (Wildman–Crippen MR) is 65.7 cm³/mol. The molecular weight excluding hydrogens is 232 g/mol. The Morgan fingerprint density at radius 2 is 2.06 bits per heavy atom. The van der Waals surface area contributed by atoms with E-state index in [0.717, 1.165) is 5.56 Å². The second-order valence-corrected chi connectivity index (χ2v) is 3.85. The van der Waals surface area contributed by atoms with Gasteiger partial charge in [0.2, 0.25) is 0 Å². The smallest absolute Gasteiger partial charge is 0.267 e. The molecule has 5 nitrogen and oxygen atoms in total. The summed E-state index contributed by atoms with van der Waals surface area (Å²) in [4.78, 5) is 14.8. The molecule has 0 radical (unpaired) electrons. The van der Waals surface area contributed by atoms with Crippen LogP contribution in [0, 0.1) is 6.92 Å². The van der Waals surface area contributed by atoms with Crippen LogP contribution < -0.4 is 10.5 Å². The molecule has 0 unspecified atom stereocenters. The molecule has 1 amide bonds. The summed E-state index contributed by atoms with van der Waals surface area (Å²) in [6, 6.07) is 7.92. The van der Waals surface area contributed by atoms with Crippen molar-refractivity contribution in [1.82, 2.24) is 4.98 Å². The molecule has 0 aliphatic rings. The lowest BCUT2D eigenvalue weighted by Crippen LogP contribution is -2.12. The third-order valence-electron chi connectivity index (χ3n) is 2.26. The molecule has 5 heteroatoms. The molecule has 2 aromatic rings. The molecule has 0 spiro atoms. The predicted octanol–water partition coefficient (Wildman–Crippen LogP) is 1.99. The van der Waals surface area contributed by atoms with E-state index < -0.39 is 5.91 Å². The van der Waals surface area contributed by atoms with Gasteiger partial charge in [-0.2, -0.15) is 0 Å². The third-order valence-corrected chi connectivity index (χ3v) is 2.26. The number of rotatable bonds is 3. The number of carbonyl (C=O) groups excluding carboxylic acids is 1. The highest BCUT2D eigenvalue weighted by molar-refractivity contribution is 5.91. The van der Waals surface area contributed by atoms with Gasteiger partial charge in [-0.25, -0.2) is 0 Å². The van der Waals surface area contributed by atoms with Crippen molar-refractivity contribution in [3.05, 3.63) is 47.8 Å². The Balaban J connectivity index is 2.28. The maximum Gasteiger partial charge on any atom is 0.267 e. The molecule has 0 atom stereocenters. The van der Waals surface area contributed by atoms with Crippen LogP contribution in [-0.4, -0.2) is 16.0 Å². The Morgan fingerprint density at radius 3 is 2.72 bits per heavy atom. The van der Waals surface area contributed by atoms with Crippen molar-refractivity contribution in [2.75, 3.05) is 0 Å². The fourth-order valence-corrected chi connectivity index (χ4v) is 1.53. The number of hydrogen-bond acceptors (Lipinski definition) is 4. The molecule has 0 saturated carbocycles. The molecular formula is C13H12N2O3. The maximum absolute atomic E-state index is 11.0. The minimum Gasteiger partial charge on any atom is -0.508 e. The van der Waals surface area contributed by atoms with Gasteiger partial charge in [0, 0.05) is 18.3 Å². The summed E-state index contributed by atoms with van der Waals surface area (Å²) < 4.78 is 5.52. The first-order valence-electron chi connectivity index (χ1n) is 5.29. The first kappa shape index (κ1) is 11.9. The number of phenolic OH excluding ortho intramolecular Hbond substituents is 1. The molecule has 0 saturated heterocycles. The number of ether oxygens (including phenoxy) is 1. The standard InChI is InChI=1S/C13H12N2O3/c1-8-4-9(16)6-11(5-8)18-10-2-3-15-12(7-10)13(14)17/h2-7,16H,1H3,(H2,14,17). The van der Waals surface area contributed by atoms with Crippen molar-refractivity contribution in [2.24, 2.45) is 5.73 Å². The average molecular weight is 244 g/mol. The van der Waals surface area contributed by atoms with Crippen molar-refractivity contribution in [2.45, 2.75) is 6.92 Å². The zero-order chi connectivity index (χ0) is 13.1. The van der Waals surface area contributed by atoms with Gasteiger partial charge >= 0.3 is 0 Å². The van der Waals surface area contributed by atoms with E-state index in [1.54, 1.807) is 18.2 Å². The number of aromatic nitrogens is 1. The number of benzene rings is 1. The summed E-state index contributed by atoms with van der Waals surface area (Å²) in [6.07, 6.45) is 1.44. The number of nitrogens with two attached hydrogens (primary N) is 1. The summed E-state index contributed by atoms with van der Waals surface area (Å²) >= 11 is 0. The van der Waals surface area contributed by atoms with Gasteiger partial charge in [-0.15, -0.1) is 0 Å². The number of aryl methyl sites for hydroxylation is 1. The van der Waals surface area contributed by atoms with E-state index in [9.17, 15) is 9.90 Å². The number of hydrogen-bond donors (Lipinski definition) is 2. The highest BCUT2D eigenvalue weighted by Crippen LogP contribution is 2.26. The molecule has 0 fully saturated rings. The quantitative estimate of drug-likeness (QED) is 0.864. The second-order valence-electron chi connectivity index (χ2n) is 3.85. The number of carbonyl (C=O) groups is 1. The summed E-state index contributed by atoms with van der Waals surface area (Å²) in [7, 11) is 0. The van der Waals surface area contributed by atoms with Crippen LogP contribution in [0.3, 0.4) is 0 Å². The van der Waals surface area contributed by atoms with Gasteiger partial charge in [0.05, 0.1) is 0 Å². The maximum atomic E-state index is 11.0. The lowest BCUT2D eigenvalue weighted by molar-refractivity contribution is 0.0995. The minimum atomic E-state index is -0.618. The van der Waals surface area contributed by atoms with Crippen LogP contribution >= 0.6 is 0 Å². The van der Waals surface area contributed by atoms with E-state index in [1.165, 1.54) is 18.3 Å². The molecule has 92 valence electrons. The number of aromatic hydroxyl groups is 1. The first-order valence-corrected chi connectivity index (χ1v) is 5.29. The van der Waals surface area contributed by atoms with Crippen LogP contribution in [0.2, 0.25) is 0 Å². The van der Waals surface area contributed by atoms with Crippen LogP contribution in [-0.2, 0) is 0 Å². The van der Waals surface area contributed by atoms with Crippen molar-refractivity contribution >= 4 is 5.91 Å². The van der Waals surface area contributed by atoms with Crippen LogP contribution in [0.4, 0.5) is 0 Å². The van der Waals surface area contributed by atoms with Gasteiger partial charge in [0.25, 0.3) is 5.91 Å². The van der Waals surface area contributed by atoms with Gasteiger partial charge in [0.1, 0.15) is 22.9 Å². The number of primary amides is 1. The molecule has 0 aliphatic carbocycles. The molecule has 0 bridgehead atoms. The minimum absolute atomic E-state index is 0.120. The van der Waals surface area contributed by atoms with E-state index in [1.807, 2.05) is 6.92 Å². The van der Waals surface area contributed by atoms with Crippen molar-refractivity contribution in [1.29, 1.82) is 0 Å². The van der Waals surface area contributed by atoms with E-state index in [4.69, 9.17) is 10.5 Å². The first-order chi connectivity index (χ1) is 8.54. The van der Waals surface area contributed by atoms with E-state index in [2.05, 4.69) is 4.98 Å². The Bertz CT molecular complexity index is 576. The summed E-state index contributed by atoms with van der Waals surface area (Å²) in [6.45, 7) is 1.84. The Labute approximate surface area is 104 Å². The van der Waals surface area contributed by atoms with Crippen LogP contribution in [0.1, 0.15) is 16.1 Å². The zero-order valence-electron chi connectivity index (χ0n) is 9.75. The van der Waals surface area contributed by atoms with E-state index >= 15 is 0 Å². The highest BCUT2D eigenvalue weighted by Gasteiger charge is 2.05. The molecule has 18 heavy (non-hydrogen) atoms. The monoisotopic (exact) mass is 244 g/mol. The van der Waals surface area contributed by atoms with Crippen molar-refractivity contribution in [3.63, 3.8) is 0 Å². The van der Waals surface area contributed by atoms with Gasteiger partial charge in [0.15, 0.2) is 0 Å². The fraction of sp³-hybridized carbons (Fsp3) is 0.0769. The second kappa shape index (κ2) is 4.75. The molecule has 2 rings (SSSR count). The largest absolute Gasteiger partial charge is 0.508 e. The Kier molecular flexibility index (Phi) is 3.14. The number of pyridine rings is 1. The number of nitrogens with zero attached hydrogens (tertiary/aromatic N) is 1. The number of amides is 1. The van der Waals surface area contributed by atoms with Crippen LogP contribution in [0.15, 0.2) is 36.5 Å². The SMILES string of the molecule is Cc1cc(O)cc(Oc2ccnc(C(N)=O)c2)c1. The molecule has 0 aliphatic heterocycles. The zero-order valence-corrected chi connectivity index (χ0v) is 9.75. The van der Waals surface area contributed by atoms with Crippen molar-refractivity contribution in [3.8, 4) is 17.2 Å². The van der Waals surface area contributed by atoms with Crippen LogP contribution in [0.25, 0.3) is 0 Å². The third kappa shape index (κ3) is 2.76. The van der Waals surface area contributed by atoms with E-state index in [-0.39, 0.29) is 11.4 Å². The van der Waals surface area contributed by atoms with Gasteiger partial charge in [-0.3, -0.25) is 9.78 Å². The topological polar surface area (TPSA) is 85.4 Å². The molecule has 1 aromatic heterocycles. The molecule has 3 N–H and O–H groups in total. The Morgan fingerprint density at radius 1 is 1.28 bits per heavy atom. The van der Waals surface area contributed by atoms with E-state index in [0.29, 0.717) is 11.5 Å². The lowest BCUT2D eigenvalue weighted by atomic mass is 10.2. The van der Waals surface area contributed by atoms with Crippen LogP contribution in [0.5, 0.6) is 17.2 Å². The lowest BCUT2D eigenvalue weighted by Gasteiger charge is -2.07. The van der Waals surface area contributed by atoms with Gasteiger partial charge in [-0.05, 0) is 30.7 Å². The summed E-state index contributed by atoms with van der Waals surface area (Å²) in [5, 5.41) is 9.45. The average Bonchev–Trinajstić information content (AvgIpc) is 2.27. The Hall–Kier alpha value is -2.56. The number of phenols is 1. The summed E-state index contributed by atoms with van der Waals surface area (Å²) in [5.41, 5.74) is 6.13. The molecule has 1 aromatic carbocycles. The van der Waals surface area contributed by atoms with Gasteiger partial charge < -0.3 is 15.6 Å². The molecule has 1 heterocycles. The van der Waals surface area contributed by atoms with Crippen molar-refractivity contribution < 1.29 is 14.6 Å². The fourth-order valence-electron chi connectivity index (χ4n) is 1.53. The normalized spacial score (nSPS) is 10.1. The van der Waals surface area contributed by atoms with Gasteiger partial charge in [-0.1, -0.05) is 0 Å². The highest BCUT2D eigenvalue weighted by atomic mass is 16.5. The summed E-state index contributed by atoms with van der Waals surface area (Å²) in [5.74, 6) is 0.416.